The Morgan fingerprint density at radius 1 is 0.711 bits per heavy atom. The third-order valence-corrected chi connectivity index (χ3v) is 7.34. The summed E-state index contributed by atoms with van der Waals surface area (Å²) in [4.78, 5) is 0. The first kappa shape index (κ1) is 28.6. The van der Waals surface area contributed by atoms with Crippen molar-refractivity contribution in [1.82, 2.24) is 0 Å². The minimum absolute atomic E-state index is 0.224. The molecule has 0 amide bonds. The van der Waals surface area contributed by atoms with Gasteiger partial charge in [-0.3, -0.25) is 0 Å². The smallest absolute Gasteiger partial charge is 0.132 e. The van der Waals surface area contributed by atoms with Gasteiger partial charge in [-0.15, -0.1) is 18.3 Å². The van der Waals surface area contributed by atoms with Crippen molar-refractivity contribution in [3.63, 3.8) is 0 Å². The average molecular weight is 535 g/mol. The zero-order valence-electron chi connectivity index (χ0n) is 22.0. The second kappa shape index (κ2) is 15.8. The molecule has 3 aromatic carbocycles. The molecule has 5 nitrogen and oxygen atoms in total. The van der Waals surface area contributed by atoms with Crippen molar-refractivity contribution < 1.29 is 23.7 Å². The zero-order valence-corrected chi connectivity index (χ0v) is 22.8. The highest BCUT2D eigenvalue weighted by Crippen LogP contribution is 2.35. The molecule has 38 heavy (non-hydrogen) atoms. The van der Waals surface area contributed by atoms with Gasteiger partial charge in [0.2, 0.25) is 0 Å². The van der Waals surface area contributed by atoms with Crippen LogP contribution in [0.2, 0.25) is 0 Å². The fraction of sp³-hybridized carbons (Fsp3) is 0.375. The van der Waals surface area contributed by atoms with Gasteiger partial charge in [-0.05, 0) is 22.4 Å². The van der Waals surface area contributed by atoms with Crippen molar-refractivity contribution in [1.29, 1.82) is 0 Å². The summed E-state index contributed by atoms with van der Waals surface area (Å²) < 4.78 is 32.3. The highest BCUT2D eigenvalue weighted by Gasteiger charge is 2.48. The molecule has 0 bridgehead atoms. The summed E-state index contributed by atoms with van der Waals surface area (Å²) in [6.07, 6.45) is 0.340. The van der Waals surface area contributed by atoms with Crippen LogP contribution < -0.4 is 0 Å². The van der Waals surface area contributed by atoms with Crippen LogP contribution in [0.25, 0.3) is 0 Å². The van der Waals surface area contributed by atoms with Crippen LogP contribution in [0.15, 0.2) is 104 Å². The Kier molecular flexibility index (Phi) is 11.9. The Hall–Kier alpha value is -2.45. The molecule has 0 aliphatic carbocycles. The predicted molar refractivity (Wildman–Crippen MR) is 153 cm³/mol. The summed E-state index contributed by atoms with van der Waals surface area (Å²) in [6, 6.07) is 30.6. The van der Waals surface area contributed by atoms with E-state index in [4.69, 9.17) is 23.7 Å². The fourth-order valence-corrected chi connectivity index (χ4v) is 5.42. The maximum absolute atomic E-state index is 6.67. The Morgan fingerprint density at radius 2 is 1.18 bits per heavy atom. The summed E-state index contributed by atoms with van der Waals surface area (Å²) >= 11 is 1.72. The van der Waals surface area contributed by atoms with Gasteiger partial charge in [0.1, 0.15) is 29.9 Å². The maximum Gasteiger partial charge on any atom is 0.132 e. The number of benzene rings is 3. The highest BCUT2D eigenvalue weighted by atomic mass is 32.2. The Morgan fingerprint density at radius 3 is 1.66 bits per heavy atom. The van der Waals surface area contributed by atoms with Gasteiger partial charge >= 0.3 is 0 Å². The van der Waals surface area contributed by atoms with E-state index < -0.39 is 6.10 Å². The van der Waals surface area contributed by atoms with Crippen molar-refractivity contribution in [2.75, 3.05) is 19.0 Å². The quantitative estimate of drug-likeness (QED) is 0.166. The van der Waals surface area contributed by atoms with Gasteiger partial charge in [-0.25, -0.2) is 0 Å². The maximum atomic E-state index is 6.67. The van der Waals surface area contributed by atoms with E-state index in [1.807, 2.05) is 54.6 Å². The third-order valence-electron chi connectivity index (χ3n) is 6.30. The molecule has 1 heterocycles. The molecule has 3 aromatic rings. The molecule has 6 heteroatoms. The minimum Gasteiger partial charge on any atom is -0.375 e. The SMILES string of the molecule is C=CCOC[C@H]1O[C@@H](SCC)[C@H](OCc2ccccc2)[C@@H](OCc2ccccc2)[C@@H]1OCc1ccccc1. The first-order valence-electron chi connectivity index (χ1n) is 13.2. The first-order chi connectivity index (χ1) is 18.8. The van der Waals surface area contributed by atoms with E-state index in [9.17, 15) is 0 Å². The number of ether oxygens (including phenoxy) is 5. The van der Waals surface area contributed by atoms with Crippen molar-refractivity contribution in [3.8, 4) is 0 Å². The van der Waals surface area contributed by atoms with Crippen LogP contribution in [-0.2, 0) is 43.5 Å². The van der Waals surface area contributed by atoms with Gasteiger partial charge in [0.15, 0.2) is 0 Å². The molecule has 5 atom stereocenters. The molecule has 0 unspecified atom stereocenters. The van der Waals surface area contributed by atoms with Crippen molar-refractivity contribution in [3.05, 3.63) is 120 Å². The van der Waals surface area contributed by atoms with E-state index in [2.05, 4.69) is 49.9 Å². The Labute approximate surface area is 231 Å². The molecule has 0 spiro atoms. The highest BCUT2D eigenvalue weighted by molar-refractivity contribution is 7.99. The molecule has 0 aromatic heterocycles. The molecule has 202 valence electrons. The molecule has 0 N–H and O–H groups in total. The van der Waals surface area contributed by atoms with Crippen LogP contribution in [0.1, 0.15) is 23.6 Å². The summed E-state index contributed by atoms with van der Waals surface area (Å²) in [5.74, 6) is 0.886. The molecule has 4 rings (SSSR count). The van der Waals surface area contributed by atoms with E-state index >= 15 is 0 Å². The molecule has 1 aliphatic heterocycles. The lowest BCUT2D eigenvalue weighted by Gasteiger charge is -2.46. The second-order valence-corrected chi connectivity index (χ2v) is 10.5. The summed E-state index contributed by atoms with van der Waals surface area (Å²) in [5, 5.41) is 0. The molecule has 1 saturated heterocycles. The van der Waals surface area contributed by atoms with Crippen LogP contribution in [0.5, 0.6) is 0 Å². The lowest BCUT2D eigenvalue weighted by molar-refractivity contribution is -0.253. The average Bonchev–Trinajstić information content (AvgIpc) is 2.97. The van der Waals surface area contributed by atoms with Gasteiger partial charge in [0, 0.05) is 0 Å². The van der Waals surface area contributed by atoms with E-state index in [-0.39, 0.29) is 23.7 Å². The second-order valence-electron chi connectivity index (χ2n) is 9.11. The van der Waals surface area contributed by atoms with E-state index in [0.717, 1.165) is 22.4 Å². The van der Waals surface area contributed by atoms with E-state index in [1.165, 1.54) is 0 Å². The Bertz CT molecular complexity index is 1050. The zero-order chi connectivity index (χ0) is 26.4. The minimum atomic E-state index is -0.391. The molecule has 0 saturated carbocycles. The predicted octanol–water partition coefficient (Wildman–Crippen LogP) is 6.42. The van der Waals surface area contributed by atoms with Crippen LogP contribution in [0.3, 0.4) is 0 Å². The first-order valence-corrected chi connectivity index (χ1v) is 14.3. The molecule has 1 aliphatic rings. The molecular weight excluding hydrogens is 496 g/mol. The van der Waals surface area contributed by atoms with Crippen molar-refractivity contribution in [2.24, 2.45) is 0 Å². The van der Waals surface area contributed by atoms with E-state index in [1.54, 1.807) is 17.8 Å². The molecule has 0 radical (unpaired) electrons. The van der Waals surface area contributed by atoms with Gasteiger partial charge in [-0.2, -0.15) is 0 Å². The lowest BCUT2D eigenvalue weighted by atomic mass is 9.99. The number of rotatable bonds is 15. The van der Waals surface area contributed by atoms with Crippen LogP contribution >= 0.6 is 11.8 Å². The summed E-state index contributed by atoms with van der Waals surface area (Å²) in [6.45, 7) is 8.08. The topological polar surface area (TPSA) is 46.2 Å². The molecule has 1 fully saturated rings. The van der Waals surface area contributed by atoms with Crippen LogP contribution in [0.4, 0.5) is 0 Å². The lowest BCUT2D eigenvalue weighted by Crippen LogP contribution is -2.60. The monoisotopic (exact) mass is 534 g/mol. The number of hydrogen-bond acceptors (Lipinski definition) is 6. The number of thioether (sulfide) groups is 1. The molecular formula is C32H38O5S. The Balaban J connectivity index is 1.60. The van der Waals surface area contributed by atoms with Gasteiger partial charge in [-0.1, -0.05) is 104 Å². The largest absolute Gasteiger partial charge is 0.375 e. The standard InChI is InChI=1S/C32H38O5S/c1-3-20-33-24-28-29(34-21-25-14-8-5-9-15-25)30(35-22-26-16-10-6-11-17-26)31(32(37-28)38-4-2)36-23-27-18-12-7-13-19-27/h3,5-19,28-32H,1,4,20-24H2,2H3/t28-,29-,30+,31-,32+/m1/s1. The van der Waals surface area contributed by atoms with Crippen LogP contribution in [-0.4, -0.2) is 48.8 Å². The van der Waals surface area contributed by atoms with E-state index in [0.29, 0.717) is 33.0 Å². The summed E-state index contributed by atoms with van der Waals surface area (Å²) in [7, 11) is 0. The van der Waals surface area contributed by atoms with Gasteiger partial charge in [0.25, 0.3) is 0 Å². The third kappa shape index (κ3) is 8.53. The van der Waals surface area contributed by atoms with Crippen molar-refractivity contribution >= 4 is 11.8 Å². The van der Waals surface area contributed by atoms with Gasteiger partial charge in [0.05, 0.1) is 33.0 Å². The van der Waals surface area contributed by atoms with Crippen LogP contribution in [0, 0.1) is 0 Å². The number of hydrogen-bond donors (Lipinski definition) is 0. The van der Waals surface area contributed by atoms with Crippen molar-refractivity contribution in [2.45, 2.75) is 56.6 Å². The summed E-state index contributed by atoms with van der Waals surface area (Å²) in [5.41, 5.74) is 3.07. The normalized spacial score (nSPS) is 23.2. The van der Waals surface area contributed by atoms with Gasteiger partial charge < -0.3 is 23.7 Å². The fourth-order valence-electron chi connectivity index (χ4n) is 4.45.